The van der Waals surface area contributed by atoms with Gasteiger partial charge in [0, 0.05) is 30.9 Å². The summed E-state index contributed by atoms with van der Waals surface area (Å²) in [4.78, 5) is 43.0. The minimum Gasteiger partial charge on any atom is -0.330 e. The van der Waals surface area contributed by atoms with Gasteiger partial charge in [0.25, 0.3) is 11.7 Å². The minimum atomic E-state index is -0.257. The molecule has 1 saturated heterocycles. The molecule has 1 fully saturated rings. The number of pyridine rings is 1. The number of nitrogens with two attached hydrogens (primary N) is 1. The first kappa shape index (κ1) is 25.4. The monoisotopic (exact) mass is 511 g/mol. The molecule has 1 aromatic heterocycles. The fourth-order valence-electron chi connectivity index (χ4n) is 4.82. The van der Waals surface area contributed by atoms with E-state index in [9.17, 15) is 9.59 Å². The van der Waals surface area contributed by atoms with Crippen LogP contribution in [0.4, 0.5) is 5.82 Å². The second-order valence-corrected chi connectivity index (χ2v) is 9.66. The molecule has 10 heteroatoms. The van der Waals surface area contributed by atoms with Crippen molar-refractivity contribution >= 4 is 29.7 Å². The Bertz CT molecular complexity index is 1380. The van der Waals surface area contributed by atoms with Crippen molar-refractivity contribution in [3.8, 4) is 0 Å². The molecule has 5 rings (SSSR count). The summed E-state index contributed by atoms with van der Waals surface area (Å²) in [5.74, 6) is 7.69. The number of likely N-dealkylation sites (N-methyl/N-ethyl adjacent to an activating group) is 1. The predicted octanol–water partition coefficient (Wildman–Crippen LogP) is 2.66. The third-order valence-electron chi connectivity index (χ3n) is 6.72. The maximum absolute atomic E-state index is 13.0. The van der Waals surface area contributed by atoms with Crippen molar-refractivity contribution in [2.45, 2.75) is 18.9 Å². The topological polar surface area (TPSA) is 116 Å². The van der Waals surface area contributed by atoms with Crippen molar-refractivity contribution in [3.05, 3.63) is 95.7 Å². The van der Waals surface area contributed by atoms with E-state index in [2.05, 4.69) is 15.3 Å². The maximum Gasteiger partial charge on any atom is 0.264 e. The first-order valence-electron chi connectivity index (χ1n) is 12.5. The van der Waals surface area contributed by atoms with E-state index < -0.39 is 0 Å². The highest BCUT2D eigenvalue weighted by Crippen LogP contribution is 2.37. The lowest BCUT2D eigenvalue weighted by atomic mass is 10.1. The molecule has 3 N–H and O–H groups in total. The van der Waals surface area contributed by atoms with Crippen molar-refractivity contribution in [2.75, 3.05) is 32.5 Å². The van der Waals surface area contributed by atoms with Crippen LogP contribution >= 0.6 is 0 Å². The van der Waals surface area contributed by atoms with Crippen LogP contribution in [-0.4, -0.2) is 76.5 Å². The number of likely N-dealkylation sites (tertiary alicyclic amines) is 1. The number of anilines is 1. The van der Waals surface area contributed by atoms with Gasteiger partial charge >= 0.3 is 0 Å². The number of amidine groups is 1. The molecule has 0 bridgehead atoms. The van der Waals surface area contributed by atoms with Gasteiger partial charge in [0.1, 0.15) is 17.7 Å². The minimum absolute atomic E-state index is 0.0345. The number of allylic oxidation sites excluding steroid dienone is 1. The Morgan fingerprint density at radius 3 is 2.76 bits per heavy atom. The van der Waals surface area contributed by atoms with Gasteiger partial charge in [-0.1, -0.05) is 12.1 Å². The number of amides is 2. The molecule has 2 unspecified atom stereocenters. The Kier molecular flexibility index (Phi) is 7.10. The fraction of sp³-hybridized carbons (Fsp3) is 0.250. The van der Waals surface area contributed by atoms with Crippen LogP contribution in [0, 0.1) is 0 Å². The Labute approximate surface area is 221 Å². The summed E-state index contributed by atoms with van der Waals surface area (Å²) in [7, 11) is 3.92. The number of nitrogens with one attached hydrogen (secondary N) is 1. The number of carbonyl (C=O) groups excluding carboxylic acids is 2. The first-order chi connectivity index (χ1) is 18.4. The van der Waals surface area contributed by atoms with Gasteiger partial charge in [-0.3, -0.25) is 14.6 Å². The van der Waals surface area contributed by atoms with Crippen molar-refractivity contribution in [3.63, 3.8) is 0 Å². The number of nitrogens with zero attached hydrogens (tertiary/aromatic N) is 6. The number of rotatable bonds is 7. The average molecular weight is 512 g/mol. The molecule has 1 aromatic carbocycles. The second kappa shape index (κ2) is 10.6. The third-order valence-corrected chi connectivity index (χ3v) is 6.72. The molecule has 194 valence electrons. The third kappa shape index (κ3) is 4.97. The smallest absolute Gasteiger partial charge is 0.264 e. The van der Waals surface area contributed by atoms with Gasteiger partial charge in [-0.2, -0.15) is 10.8 Å². The summed E-state index contributed by atoms with van der Waals surface area (Å²) in [5.41, 5.74) is 2.75. The predicted molar refractivity (Wildman–Crippen MR) is 147 cm³/mol. The summed E-state index contributed by atoms with van der Waals surface area (Å²) in [5, 5.41) is 2.79. The lowest BCUT2D eigenvalue weighted by molar-refractivity contribution is -0.750. The zero-order valence-electron chi connectivity index (χ0n) is 21.5. The van der Waals surface area contributed by atoms with Gasteiger partial charge in [0.05, 0.1) is 24.0 Å². The van der Waals surface area contributed by atoms with E-state index in [4.69, 9.17) is 10.8 Å². The molecule has 3 aliphatic heterocycles. The number of hydrogen-bond acceptors (Lipinski definition) is 7. The summed E-state index contributed by atoms with van der Waals surface area (Å²) in [6.45, 7) is 1.35. The van der Waals surface area contributed by atoms with Crippen LogP contribution < -0.4 is 11.2 Å². The van der Waals surface area contributed by atoms with Gasteiger partial charge in [0.2, 0.25) is 11.6 Å². The standard InChI is InChI=1S/C28H30N8O2/c1-34(2)16-6-9-25(37)35-17-5-7-22(35)26-23-19-30-15-18-36(23,29)27(33-26)20-10-12-21(13-11-20)28(38)32-24-8-3-4-14-31-24/h3-4,6,8-15,18-19,22H,5,7,16-17,29H2,1-2H3/p+1. The van der Waals surface area contributed by atoms with Gasteiger partial charge in [-0.05, 0) is 63.3 Å². The zero-order chi connectivity index (χ0) is 26.7. The molecular formula is C28H31N8O2+. The largest absolute Gasteiger partial charge is 0.330 e. The molecule has 0 spiro atoms. The average Bonchev–Trinajstić information content (AvgIpc) is 3.51. The number of benzene rings is 1. The van der Waals surface area contributed by atoms with Crippen molar-refractivity contribution in [1.82, 2.24) is 14.8 Å². The molecule has 2 atom stereocenters. The van der Waals surface area contributed by atoms with E-state index in [1.807, 2.05) is 48.2 Å². The van der Waals surface area contributed by atoms with Gasteiger partial charge in [-0.15, -0.1) is 4.59 Å². The molecule has 2 aromatic rings. The molecule has 0 saturated carbocycles. The highest BCUT2D eigenvalue weighted by atomic mass is 16.2. The van der Waals surface area contributed by atoms with Crippen LogP contribution in [0.15, 0.2) is 94.6 Å². The van der Waals surface area contributed by atoms with Crippen LogP contribution in [0.5, 0.6) is 0 Å². The highest BCUT2D eigenvalue weighted by molar-refractivity contribution is 6.05. The lowest BCUT2D eigenvalue weighted by Crippen LogP contribution is -2.53. The van der Waals surface area contributed by atoms with Gasteiger partial charge in [-0.25, -0.2) is 4.98 Å². The Morgan fingerprint density at radius 1 is 1.21 bits per heavy atom. The van der Waals surface area contributed by atoms with E-state index >= 15 is 0 Å². The summed E-state index contributed by atoms with van der Waals surface area (Å²) in [6, 6.07) is 12.3. The number of aliphatic imine (C=N–C) groups is 2. The number of quaternary nitrogens is 1. The molecule has 0 aliphatic carbocycles. The summed E-state index contributed by atoms with van der Waals surface area (Å²) in [6.07, 6.45) is 12.0. The highest BCUT2D eigenvalue weighted by Gasteiger charge is 2.48. The Morgan fingerprint density at radius 2 is 2.03 bits per heavy atom. The van der Waals surface area contributed by atoms with Crippen LogP contribution in [0.2, 0.25) is 0 Å². The molecular weight excluding hydrogens is 480 g/mol. The number of carbonyl (C=O) groups is 2. The molecule has 38 heavy (non-hydrogen) atoms. The van der Waals surface area contributed by atoms with Crippen LogP contribution in [0.1, 0.15) is 28.8 Å². The molecule has 2 amide bonds. The molecule has 0 radical (unpaired) electrons. The summed E-state index contributed by atoms with van der Waals surface area (Å²) < 4.78 is -0.146. The van der Waals surface area contributed by atoms with Crippen molar-refractivity contribution in [1.29, 1.82) is 0 Å². The van der Waals surface area contributed by atoms with E-state index in [-0.39, 0.29) is 22.4 Å². The summed E-state index contributed by atoms with van der Waals surface area (Å²) >= 11 is 0. The molecule has 10 nitrogen and oxygen atoms in total. The van der Waals surface area contributed by atoms with Crippen molar-refractivity contribution < 1.29 is 14.2 Å². The van der Waals surface area contributed by atoms with Crippen molar-refractivity contribution in [2.24, 2.45) is 15.8 Å². The number of aromatic nitrogens is 1. The maximum atomic E-state index is 13.0. The van der Waals surface area contributed by atoms with E-state index in [0.717, 1.165) is 29.8 Å². The normalized spacial score (nSPS) is 22.4. The fourth-order valence-corrected chi connectivity index (χ4v) is 4.82. The van der Waals surface area contributed by atoms with Crippen LogP contribution in [0.25, 0.3) is 0 Å². The van der Waals surface area contributed by atoms with E-state index in [1.165, 1.54) is 0 Å². The second-order valence-electron chi connectivity index (χ2n) is 9.66. The molecule has 3 aliphatic rings. The first-order valence-corrected chi connectivity index (χ1v) is 12.5. The van der Waals surface area contributed by atoms with Crippen LogP contribution in [0.3, 0.4) is 0 Å². The Hall–Kier alpha value is -4.25. The quantitative estimate of drug-likeness (QED) is 0.337. The van der Waals surface area contributed by atoms with Gasteiger partial charge < -0.3 is 15.1 Å². The SMILES string of the molecule is CN(C)CC=CC(=O)N1CCCC1C1=C2C=NC=C[N+]2(N)C(c2ccc(C(=O)Nc3ccccn3)cc2)=N1. The number of fused-ring (bicyclic) bond motifs is 1. The number of hydrogen-bond donors (Lipinski definition) is 2. The zero-order valence-corrected chi connectivity index (χ0v) is 21.5. The molecule has 4 heterocycles. The van der Waals surface area contributed by atoms with Gasteiger partial charge in [0.15, 0.2) is 0 Å². The van der Waals surface area contributed by atoms with Crippen LogP contribution in [-0.2, 0) is 4.79 Å². The Balaban J connectivity index is 1.41. The van der Waals surface area contributed by atoms with E-state index in [1.54, 1.807) is 55.2 Å². The lowest BCUT2D eigenvalue weighted by Gasteiger charge is -2.27. The van der Waals surface area contributed by atoms with E-state index in [0.29, 0.717) is 30.3 Å².